The predicted molar refractivity (Wildman–Crippen MR) is 84.5 cm³/mol. The summed E-state index contributed by atoms with van der Waals surface area (Å²) in [5.74, 6) is 1.17. The summed E-state index contributed by atoms with van der Waals surface area (Å²) >= 11 is 0. The van der Waals surface area contributed by atoms with Gasteiger partial charge in [-0.15, -0.1) is 0 Å². The van der Waals surface area contributed by atoms with Gasteiger partial charge in [-0.2, -0.15) is 4.31 Å². The third-order valence-corrected chi connectivity index (χ3v) is 6.83. The summed E-state index contributed by atoms with van der Waals surface area (Å²) in [6.07, 6.45) is 4.64. The van der Waals surface area contributed by atoms with E-state index in [0.29, 0.717) is 29.8 Å². The van der Waals surface area contributed by atoms with Crippen molar-refractivity contribution in [2.24, 2.45) is 11.8 Å². The zero-order chi connectivity index (χ0) is 15.0. The van der Waals surface area contributed by atoms with Crippen molar-refractivity contribution < 1.29 is 8.42 Å². The fourth-order valence-electron chi connectivity index (χ4n) is 3.72. The molecular formula is C17H23NO2S. The Morgan fingerprint density at radius 3 is 2.57 bits per heavy atom. The van der Waals surface area contributed by atoms with E-state index in [4.69, 9.17) is 0 Å². The lowest BCUT2D eigenvalue weighted by Crippen LogP contribution is -2.32. The second-order valence-corrected chi connectivity index (χ2v) is 8.33. The largest absolute Gasteiger partial charge is 0.243 e. The van der Waals surface area contributed by atoms with Crippen LogP contribution in [-0.4, -0.2) is 25.8 Å². The molecule has 0 spiro atoms. The van der Waals surface area contributed by atoms with E-state index < -0.39 is 10.0 Å². The highest BCUT2D eigenvalue weighted by atomic mass is 32.2. The van der Waals surface area contributed by atoms with E-state index in [0.717, 1.165) is 17.6 Å². The van der Waals surface area contributed by atoms with Gasteiger partial charge in [0.1, 0.15) is 0 Å². The maximum atomic E-state index is 12.8. The van der Waals surface area contributed by atoms with Crippen LogP contribution in [-0.2, 0) is 10.0 Å². The third-order valence-electron chi connectivity index (χ3n) is 4.97. The maximum Gasteiger partial charge on any atom is 0.243 e. The van der Waals surface area contributed by atoms with Crippen molar-refractivity contribution in [3.8, 4) is 0 Å². The smallest absolute Gasteiger partial charge is 0.207 e. The minimum atomic E-state index is -3.39. The molecule has 0 aromatic heterocycles. The molecule has 1 heterocycles. The van der Waals surface area contributed by atoms with Crippen LogP contribution in [0.25, 0.3) is 0 Å². The molecule has 1 aromatic rings. The molecule has 0 N–H and O–H groups in total. The van der Waals surface area contributed by atoms with E-state index in [-0.39, 0.29) is 0 Å². The lowest BCUT2D eigenvalue weighted by atomic mass is 9.89. The summed E-state index contributed by atoms with van der Waals surface area (Å²) in [7, 11) is -3.39. The van der Waals surface area contributed by atoms with Gasteiger partial charge in [0.05, 0.1) is 4.90 Å². The van der Waals surface area contributed by atoms with Crippen LogP contribution < -0.4 is 0 Å². The molecule has 2 aliphatic rings. The zero-order valence-corrected chi connectivity index (χ0v) is 13.4. The van der Waals surface area contributed by atoms with Crippen LogP contribution in [0.2, 0.25) is 0 Å². The Morgan fingerprint density at radius 1 is 1.14 bits per heavy atom. The molecule has 0 unspecified atom stereocenters. The second-order valence-electron chi connectivity index (χ2n) is 6.40. The Morgan fingerprint density at radius 2 is 1.86 bits per heavy atom. The number of benzene rings is 1. The van der Waals surface area contributed by atoms with E-state index >= 15 is 0 Å². The molecule has 2 atom stereocenters. The van der Waals surface area contributed by atoms with Crippen LogP contribution in [0.5, 0.6) is 0 Å². The van der Waals surface area contributed by atoms with Gasteiger partial charge >= 0.3 is 0 Å². The van der Waals surface area contributed by atoms with Crippen LogP contribution in [0, 0.1) is 18.8 Å². The minimum absolute atomic E-state index is 0.396. The molecule has 0 amide bonds. The highest BCUT2D eigenvalue weighted by Gasteiger charge is 2.36. The molecular weight excluding hydrogens is 282 g/mol. The molecule has 0 bridgehead atoms. The average Bonchev–Trinajstić information content (AvgIpc) is 2.86. The molecule has 0 radical (unpaired) electrons. The quantitative estimate of drug-likeness (QED) is 0.786. The summed E-state index contributed by atoms with van der Waals surface area (Å²) in [5, 5.41) is 0. The Labute approximate surface area is 127 Å². The SMILES string of the molecule is C=C1CN(S(=O)(=O)c2ccc(C)cc2)CC[C@@H]2CCC[C@H]12. The Kier molecular flexibility index (Phi) is 3.93. The normalized spacial score (nSPS) is 27.4. The molecule has 21 heavy (non-hydrogen) atoms. The number of aryl methyl sites for hydroxylation is 1. The fourth-order valence-corrected chi connectivity index (χ4v) is 5.18. The number of fused-ring (bicyclic) bond motifs is 1. The molecule has 2 fully saturated rings. The summed E-state index contributed by atoms with van der Waals surface area (Å²) < 4.78 is 27.2. The molecule has 1 aliphatic heterocycles. The molecule has 3 nitrogen and oxygen atoms in total. The van der Waals surface area contributed by atoms with Gasteiger partial charge in [0, 0.05) is 13.1 Å². The van der Waals surface area contributed by atoms with Gasteiger partial charge in [-0.3, -0.25) is 0 Å². The molecule has 1 aromatic carbocycles. The van der Waals surface area contributed by atoms with Crippen LogP contribution >= 0.6 is 0 Å². The van der Waals surface area contributed by atoms with Crippen molar-refractivity contribution >= 4 is 10.0 Å². The van der Waals surface area contributed by atoms with Gasteiger partial charge in [-0.05, 0) is 50.2 Å². The van der Waals surface area contributed by atoms with Crippen molar-refractivity contribution in [2.75, 3.05) is 13.1 Å². The maximum absolute atomic E-state index is 12.8. The van der Waals surface area contributed by atoms with E-state index in [1.165, 1.54) is 19.3 Å². The highest BCUT2D eigenvalue weighted by molar-refractivity contribution is 7.89. The van der Waals surface area contributed by atoms with Crippen molar-refractivity contribution in [1.29, 1.82) is 0 Å². The van der Waals surface area contributed by atoms with E-state index in [9.17, 15) is 8.42 Å². The zero-order valence-electron chi connectivity index (χ0n) is 12.6. The number of sulfonamides is 1. The monoisotopic (exact) mass is 305 g/mol. The lowest BCUT2D eigenvalue weighted by Gasteiger charge is -2.21. The Hall–Kier alpha value is -1.13. The predicted octanol–water partition coefficient (Wildman–Crippen LogP) is 3.36. The fraction of sp³-hybridized carbons (Fsp3) is 0.529. The van der Waals surface area contributed by atoms with Gasteiger partial charge in [0.25, 0.3) is 0 Å². The third kappa shape index (κ3) is 2.79. The first-order valence-corrected chi connectivity index (χ1v) is 9.17. The molecule has 1 saturated heterocycles. The van der Waals surface area contributed by atoms with Gasteiger partial charge in [0.15, 0.2) is 0 Å². The Balaban J connectivity index is 1.86. The van der Waals surface area contributed by atoms with E-state index in [1.54, 1.807) is 16.4 Å². The van der Waals surface area contributed by atoms with Crippen molar-refractivity contribution in [3.05, 3.63) is 42.0 Å². The number of rotatable bonds is 2. The van der Waals surface area contributed by atoms with Crippen LogP contribution in [0.15, 0.2) is 41.3 Å². The van der Waals surface area contributed by atoms with Gasteiger partial charge in [-0.25, -0.2) is 8.42 Å². The topological polar surface area (TPSA) is 37.4 Å². The molecule has 3 rings (SSSR count). The first-order valence-electron chi connectivity index (χ1n) is 7.73. The standard InChI is InChI=1S/C17H23NO2S/c1-13-6-8-16(9-7-13)21(19,20)18-11-10-15-4-3-5-17(15)14(2)12-18/h6-9,15,17H,2-5,10-12H2,1H3/t15-,17+/m0/s1. The average molecular weight is 305 g/mol. The highest BCUT2D eigenvalue weighted by Crippen LogP contribution is 2.41. The Bertz CT molecular complexity index is 633. The first-order chi connectivity index (χ1) is 9.98. The summed E-state index contributed by atoms with van der Waals surface area (Å²) in [6, 6.07) is 7.13. The summed E-state index contributed by atoms with van der Waals surface area (Å²) in [4.78, 5) is 0.396. The van der Waals surface area contributed by atoms with Crippen molar-refractivity contribution in [2.45, 2.75) is 37.5 Å². The summed E-state index contributed by atoms with van der Waals surface area (Å²) in [6.45, 7) is 7.25. The van der Waals surface area contributed by atoms with Crippen molar-refractivity contribution in [3.63, 3.8) is 0 Å². The number of hydrogen-bond acceptors (Lipinski definition) is 2. The van der Waals surface area contributed by atoms with Crippen molar-refractivity contribution in [1.82, 2.24) is 4.31 Å². The lowest BCUT2D eigenvalue weighted by molar-refractivity contribution is 0.398. The number of nitrogens with zero attached hydrogens (tertiary/aromatic N) is 1. The van der Waals surface area contributed by atoms with Gasteiger partial charge < -0.3 is 0 Å². The van der Waals surface area contributed by atoms with Crippen LogP contribution in [0.3, 0.4) is 0 Å². The molecule has 1 saturated carbocycles. The minimum Gasteiger partial charge on any atom is -0.207 e. The number of hydrogen-bond donors (Lipinski definition) is 0. The first kappa shape index (κ1) is 14.8. The van der Waals surface area contributed by atoms with E-state index in [1.807, 2.05) is 19.1 Å². The molecule has 114 valence electrons. The summed E-state index contributed by atoms with van der Waals surface area (Å²) in [5.41, 5.74) is 2.18. The molecule has 1 aliphatic carbocycles. The second kappa shape index (κ2) is 5.58. The van der Waals surface area contributed by atoms with Crippen LogP contribution in [0.1, 0.15) is 31.2 Å². The molecule has 4 heteroatoms. The van der Waals surface area contributed by atoms with Gasteiger partial charge in [0.2, 0.25) is 10.0 Å². The van der Waals surface area contributed by atoms with Crippen LogP contribution in [0.4, 0.5) is 0 Å². The van der Waals surface area contributed by atoms with Gasteiger partial charge in [-0.1, -0.05) is 36.3 Å². The van der Waals surface area contributed by atoms with E-state index in [2.05, 4.69) is 6.58 Å².